The Hall–Kier alpha value is -4.38. The average Bonchev–Trinajstić information content (AvgIpc) is 2.82. The Balaban J connectivity index is 1.89. The third kappa shape index (κ3) is 5.70. The lowest BCUT2D eigenvalue weighted by atomic mass is 10.2. The number of rotatable bonds is 9. The van der Waals surface area contributed by atoms with Crippen LogP contribution in [0.4, 0.5) is 11.5 Å². The Morgan fingerprint density at radius 2 is 1.85 bits per heavy atom. The van der Waals surface area contributed by atoms with Gasteiger partial charge in [0.1, 0.15) is 11.6 Å². The molecule has 0 unspecified atom stereocenters. The van der Waals surface area contributed by atoms with Crippen molar-refractivity contribution >= 4 is 23.4 Å². The number of hydrogen-bond acceptors (Lipinski definition) is 8. The van der Waals surface area contributed by atoms with Crippen molar-refractivity contribution in [2.24, 2.45) is 0 Å². The summed E-state index contributed by atoms with van der Waals surface area (Å²) in [7, 11) is 1.41. The van der Waals surface area contributed by atoms with Gasteiger partial charge in [0.05, 0.1) is 18.7 Å². The van der Waals surface area contributed by atoms with Gasteiger partial charge >= 0.3 is 11.7 Å². The molecule has 1 amide bonds. The molecule has 0 spiro atoms. The van der Waals surface area contributed by atoms with E-state index in [9.17, 15) is 24.3 Å². The number of methoxy groups -OCH3 is 1. The summed E-state index contributed by atoms with van der Waals surface area (Å²) >= 11 is 0. The van der Waals surface area contributed by atoms with Crippen molar-refractivity contribution in [3.8, 4) is 5.75 Å². The Bertz CT molecular complexity index is 1280. The van der Waals surface area contributed by atoms with E-state index in [4.69, 9.17) is 15.2 Å². The summed E-state index contributed by atoms with van der Waals surface area (Å²) in [6.45, 7) is -0.693. The van der Waals surface area contributed by atoms with Crippen molar-refractivity contribution in [3.05, 3.63) is 86.6 Å². The van der Waals surface area contributed by atoms with Gasteiger partial charge in [-0.1, -0.05) is 36.4 Å². The second kappa shape index (κ2) is 11.0. The number of aromatic nitrogens is 2. The highest BCUT2D eigenvalue weighted by molar-refractivity contribution is 5.98. The maximum atomic E-state index is 13.0. The van der Waals surface area contributed by atoms with E-state index in [-0.39, 0.29) is 42.5 Å². The zero-order chi connectivity index (χ0) is 24.7. The summed E-state index contributed by atoms with van der Waals surface area (Å²) in [5.41, 5.74) is 5.12. The molecule has 0 saturated heterocycles. The van der Waals surface area contributed by atoms with E-state index >= 15 is 0 Å². The summed E-state index contributed by atoms with van der Waals surface area (Å²) in [5.74, 6) is -1.96. The van der Waals surface area contributed by atoms with Gasteiger partial charge in [0.2, 0.25) is 0 Å². The number of hydrogen-bond donors (Lipinski definition) is 3. The van der Waals surface area contributed by atoms with Gasteiger partial charge in [-0.05, 0) is 23.8 Å². The maximum Gasteiger partial charge on any atom is 0.338 e. The molecule has 0 aliphatic heterocycles. The largest absolute Gasteiger partial charge is 0.508 e. The molecule has 1 aromatic heterocycles. The molecule has 11 nitrogen and oxygen atoms in total. The molecule has 0 bridgehead atoms. The standard InChI is InChI=1S/C23H24N4O7/c1-33-11-10-26(18(29)14-34-22(31)16-8-5-9-17(28)12-16)19-20(24)27(23(32)25-21(19)30)13-15-6-3-2-4-7-15/h2-9,12,28H,10-11,13-14,24H2,1H3,(H,25,30,32). The molecule has 0 aliphatic carbocycles. The number of carbonyl (C=O) groups is 2. The molecule has 11 heteroatoms. The third-order valence-electron chi connectivity index (χ3n) is 4.90. The molecule has 0 fully saturated rings. The molecular formula is C23H24N4O7. The lowest BCUT2D eigenvalue weighted by molar-refractivity contribution is -0.121. The van der Waals surface area contributed by atoms with Gasteiger partial charge in [0, 0.05) is 13.7 Å². The van der Waals surface area contributed by atoms with Crippen LogP contribution in [-0.2, 0) is 20.8 Å². The Kier molecular flexibility index (Phi) is 7.83. The number of nitrogens with one attached hydrogen (secondary N) is 1. The van der Waals surface area contributed by atoms with Gasteiger partial charge in [0.25, 0.3) is 11.5 Å². The number of H-pyrrole nitrogens is 1. The Labute approximate surface area is 194 Å². The van der Waals surface area contributed by atoms with E-state index in [0.717, 1.165) is 15.0 Å². The minimum absolute atomic E-state index is 0.0446. The van der Waals surface area contributed by atoms with E-state index in [1.54, 1.807) is 24.3 Å². The number of anilines is 2. The number of ether oxygens (including phenoxy) is 2. The number of aromatic amines is 1. The first-order chi connectivity index (χ1) is 16.3. The van der Waals surface area contributed by atoms with Crippen LogP contribution in [0.2, 0.25) is 0 Å². The molecule has 0 aliphatic rings. The van der Waals surface area contributed by atoms with Gasteiger partial charge in [-0.3, -0.25) is 24.0 Å². The van der Waals surface area contributed by atoms with Crippen LogP contribution in [0.5, 0.6) is 5.75 Å². The Morgan fingerprint density at radius 1 is 1.12 bits per heavy atom. The number of nitrogens with zero attached hydrogens (tertiary/aromatic N) is 2. The number of benzene rings is 2. The first-order valence-corrected chi connectivity index (χ1v) is 10.2. The topological polar surface area (TPSA) is 157 Å². The van der Waals surface area contributed by atoms with Crippen LogP contribution < -0.4 is 21.9 Å². The van der Waals surface area contributed by atoms with E-state index in [2.05, 4.69) is 4.98 Å². The van der Waals surface area contributed by atoms with Crippen LogP contribution in [0, 0.1) is 0 Å². The summed E-state index contributed by atoms with van der Waals surface area (Å²) in [6.07, 6.45) is 0. The molecular weight excluding hydrogens is 444 g/mol. The zero-order valence-electron chi connectivity index (χ0n) is 18.4. The molecule has 34 heavy (non-hydrogen) atoms. The monoisotopic (exact) mass is 468 g/mol. The molecule has 2 aromatic carbocycles. The smallest absolute Gasteiger partial charge is 0.338 e. The predicted octanol–water partition coefficient (Wildman–Crippen LogP) is 0.709. The van der Waals surface area contributed by atoms with Crippen LogP contribution in [0.15, 0.2) is 64.2 Å². The highest BCUT2D eigenvalue weighted by atomic mass is 16.5. The van der Waals surface area contributed by atoms with Gasteiger partial charge in [-0.15, -0.1) is 0 Å². The van der Waals surface area contributed by atoms with Gasteiger partial charge in [-0.25, -0.2) is 9.59 Å². The minimum atomic E-state index is -0.865. The van der Waals surface area contributed by atoms with Crippen molar-refractivity contribution in [1.29, 1.82) is 0 Å². The number of phenols is 1. The van der Waals surface area contributed by atoms with Crippen molar-refractivity contribution in [1.82, 2.24) is 9.55 Å². The van der Waals surface area contributed by atoms with Crippen LogP contribution >= 0.6 is 0 Å². The average molecular weight is 468 g/mol. The summed E-state index contributed by atoms with van der Waals surface area (Å²) in [6, 6.07) is 14.4. The molecule has 0 radical (unpaired) electrons. The lowest BCUT2D eigenvalue weighted by Gasteiger charge is -2.24. The molecule has 0 saturated carbocycles. The predicted molar refractivity (Wildman–Crippen MR) is 124 cm³/mol. The first kappa shape index (κ1) is 24.3. The lowest BCUT2D eigenvalue weighted by Crippen LogP contribution is -2.44. The number of amides is 1. The minimum Gasteiger partial charge on any atom is -0.508 e. The van der Waals surface area contributed by atoms with Crippen molar-refractivity contribution in [2.75, 3.05) is 37.5 Å². The van der Waals surface area contributed by atoms with Crippen LogP contribution in [0.1, 0.15) is 15.9 Å². The first-order valence-electron chi connectivity index (χ1n) is 10.2. The Morgan fingerprint density at radius 3 is 2.53 bits per heavy atom. The number of esters is 1. The van der Waals surface area contributed by atoms with E-state index in [1.165, 1.54) is 31.4 Å². The second-order valence-electron chi connectivity index (χ2n) is 7.23. The zero-order valence-corrected chi connectivity index (χ0v) is 18.4. The quantitative estimate of drug-likeness (QED) is 0.388. The molecule has 178 valence electrons. The van der Waals surface area contributed by atoms with Crippen molar-refractivity contribution in [3.63, 3.8) is 0 Å². The van der Waals surface area contributed by atoms with Gasteiger partial charge < -0.3 is 20.3 Å². The van der Waals surface area contributed by atoms with Gasteiger partial charge in [0.15, 0.2) is 12.3 Å². The summed E-state index contributed by atoms with van der Waals surface area (Å²) < 4.78 is 11.2. The molecule has 3 aromatic rings. The second-order valence-corrected chi connectivity index (χ2v) is 7.23. The van der Waals surface area contributed by atoms with E-state index in [0.29, 0.717) is 0 Å². The number of nitrogens with two attached hydrogens (primary N) is 1. The van der Waals surface area contributed by atoms with Crippen molar-refractivity contribution in [2.45, 2.75) is 6.54 Å². The molecule has 1 heterocycles. The highest BCUT2D eigenvalue weighted by Gasteiger charge is 2.25. The maximum absolute atomic E-state index is 13.0. The van der Waals surface area contributed by atoms with Crippen molar-refractivity contribution < 1.29 is 24.2 Å². The normalized spacial score (nSPS) is 10.6. The summed E-state index contributed by atoms with van der Waals surface area (Å²) in [5, 5.41) is 9.51. The van der Waals surface area contributed by atoms with E-state index < -0.39 is 29.7 Å². The molecule has 4 N–H and O–H groups in total. The number of carbonyl (C=O) groups excluding carboxylic acids is 2. The fraction of sp³-hybridized carbons (Fsp3) is 0.217. The number of aromatic hydroxyl groups is 1. The van der Waals surface area contributed by atoms with Crippen LogP contribution in [-0.4, -0.2) is 53.4 Å². The SMILES string of the molecule is COCCN(C(=O)COC(=O)c1cccc(O)c1)c1c(N)n(Cc2ccccc2)c(=O)[nH]c1=O. The van der Waals surface area contributed by atoms with E-state index in [1.807, 2.05) is 6.07 Å². The van der Waals surface area contributed by atoms with Gasteiger partial charge in [-0.2, -0.15) is 0 Å². The third-order valence-corrected chi connectivity index (χ3v) is 4.90. The fourth-order valence-corrected chi connectivity index (χ4v) is 3.23. The number of phenolic OH excluding ortho intramolecular Hbond substituents is 1. The molecule has 0 atom stereocenters. The fourth-order valence-electron chi connectivity index (χ4n) is 3.23. The highest BCUT2D eigenvalue weighted by Crippen LogP contribution is 2.18. The summed E-state index contributed by atoms with van der Waals surface area (Å²) in [4.78, 5) is 53.5. The van der Waals surface area contributed by atoms with Crippen LogP contribution in [0.25, 0.3) is 0 Å². The van der Waals surface area contributed by atoms with Crippen LogP contribution in [0.3, 0.4) is 0 Å². The number of nitrogen functional groups attached to an aromatic ring is 1. The molecule has 3 rings (SSSR count).